The van der Waals surface area contributed by atoms with Gasteiger partial charge >= 0.3 is 5.97 Å². The molecule has 1 aromatic carbocycles. The van der Waals surface area contributed by atoms with E-state index in [1.165, 1.54) is 7.11 Å². The first-order valence-corrected chi connectivity index (χ1v) is 6.72. The molecule has 1 aliphatic heterocycles. The predicted octanol–water partition coefficient (Wildman–Crippen LogP) is 0.847. The van der Waals surface area contributed by atoms with Gasteiger partial charge in [0.15, 0.2) is 6.10 Å². The molecule has 114 valence electrons. The minimum absolute atomic E-state index is 0.120. The van der Waals surface area contributed by atoms with E-state index in [4.69, 9.17) is 9.47 Å². The molecule has 6 heteroatoms. The lowest BCUT2D eigenvalue weighted by molar-refractivity contribution is -0.158. The van der Waals surface area contributed by atoms with Gasteiger partial charge in [0.25, 0.3) is 5.91 Å². The van der Waals surface area contributed by atoms with Gasteiger partial charge in [0.1, 0.15) is 0 Å². The Kier molecular flexibility index (Phi) is 5.30. The minimum atomic E-state index is -0.713. The van der Waals surface area contributed by atoms with Gasteiger partial charge in [-0.05, 0) is 17.7 Å². The zero-order chi connectivity index (χ0) is 15.2. The van der Waals surface area contributed by atoms with Gasteiger partial charge in [0, 0.05) is 19.2 Å². The van der Waals surface area contributed by atoms with E-state index < -0.39 is 12.1 Å². The zero-order valence-electron chi connectivity index (χ0n) is 12.2. The van der Waals surface area contributed by atoms with E-state index in [1.807, 2.05) is 12.1 Å². The van der Waals surface area contributed by atoms with Crippen molar-refractivity contribution >= 4 is 11.9 Å². The molecule has 21 heavy (non-hydrogen) atoms. The topological polar surface area (TPSA) is 65.1 Å². The molecule has 1 heterocycles. The second kappa shape index (κ2) is 7.19. The molecule has 0 N–H and O–H groups in total. The summed E-state index contributed by atoms with van der Waals surface area (Å²) in [5, 5.41) is 0. The SMILES string of the molecule is COCc1cccc(C(=O)N2CCOC(C(=O)OC)C2)c1. The number of hydrogen-bond donors (Lipinski definition) is 0. The summed E-state index contributed by atoms with van der Waals surface area (Å²) in [6, 6.07) is 7.27. The van der Waals surface area contributed by atoms with Gasteiger partial charge in [0.05, 0.1) is 26.9 Å². The summed E-state index contributed by atoms with van der Waals surface area (Å²) in [4.78, 5) is 25.6. The van der Waals surface area contributed by atoms with Crippen LogP contribution in [0, 0.1) is 0 Å². The number of ether oxygens (including phenoxy) is 3. The van der Waals surface area contributed by atoms with Gasteiger partial charge < -0.3 is 19.1 Å². The summed E-state index contributed by atoms with van der Waals surface area (Å²) < 4.78 is 15.0. The molecular weight excluding hydrogens is 274 g/mol. The largest absolute Gasteiger partial charge is 0.467 e. The molecule has 0 spiro atoms. The van der Waals surface area contributed by atoms with Gasteiger partial charge in [-0.3, -0.25) is 4.79 Å². The average Bonchev–Trinajstić information content (AvgIpc) is 2.54. The molecule has 0 radical (unpaired) electrons. The molecule has 1 aromatic rings. The normalized spacial score (nSPS) is 18.4. The van der Waals surface area contributed by atoms with Crippen LogP contribution in [-0.4, -0.2) is 56.8 Å². The lowest BCUT2D eigenvalue weighted by Crippen LogP contribution is -2.48. The highest BCUT2D eigenvalue weighted by molar-refractivity contribution is 5.94. The molecule has 1 aliphatic rings. The summed E-state index contributed by atoms with van der Waals surface area (Å²) >= 11 is 0. The first-order valence-electron chi connectivity index (χ1n) is 6.72. The summed E-state index contributed by atoms with van der Waals surface area (Å²) in [7, 11) is 2.91. The van der Waals surface area contributed by atoms with E-state index in [0.29, 0.717) is 25.3 Å². The van der Waals surface area contributed by atoms with Crippen molar-refractivity contribution in [3.05, 3.63) is 35.4 Å². The third-order valence-corrected chi connectivity index (χ3v) is 3.30. The first kappa shape index (κ1) is 15.5. The van der Waals surface area contributed by atoms with Crippen molar-refractivity contribution in [2.75, 3.05) is 33.9 Å². The molecule has 6 nitrogen and oxygen atoms in total. The second-order valence-corrected chi connectivity index (χ2v) is 4.77. The Labute approximate surface area is 123 Å². The highest BCUT2D eigenvalue weighted by Gasteiger charge is 2.30. The number of carbonyl (C=O) groups is 2. The number of rotatable bonds is 4. The Morgan fingerprint density at radius 3 is 2.90 bits per heavy atom. The van der Waals surface area contributed by atoms with E-state index in [2.05, 4.69) is 4.74 Å². The fourth-order valence-electron chi connectivity index (χ4n) is 2.25. The molecule has 0 saturated carbocycles. The van der Waals surface area contributed by atoms with E-state index in [1.54, 1.807) is 24.1 Å². The standard InChI is InChI=1S/C15H19NO5/c1-19-10-11-4-3-5-12(8-11)14(17)16-6-7-21-13(9-16)15(18)20-2/h3-5,8,13H,6-7,9-10H2,1-2H3. The summed E-state index contributed by atoms with van der Waals surface area (Å²) in [5.41, 5.74) is 1.51. The maximum absolute atomic E-state index is 12.5. The molecule has 0 aromatic heterocycles. The highest BCUT2D eigenvalue weighted by atomic mass is 16.6. The number of amides is 1. The van der Waals surface area contributed by atoms with Crippen LogP contribution in [0.25, 0.3) is 0 Å². The molecule has 1 unspecified atom stereocenters. The minimum Gasteiger partial charge on any atom is -0.467 e. The van der Waals surface area contributed by atoms with Crippen molar-refractivity contribution in [2.45, 2.75) is 12.7 Å². The van der Waals surface area contributed by atoms with Crippen LogP contribution < -0.4 is 0 Å². The molecule has 1 saturated heterocycles. The fraction of sp³-hybridized carbons (Fsp3) is 0.467. The van der Waals surface area contributed by atoms with Gasteiger partial charge in [-0.15, -0.1) is 0 Å². The molecule has 0 bridgehead atoms. The summed E-state index contributed by atoms with van der Waals surface area (Å²) in [5.74, 6) is -0.578. The first-order chi connectivity index (χ1) is 10.2. The number of methoxy groups -OCH3 is 2. The van der Waals surface area contributed by atoms with Gasteiger partial charge in [-0.2, -0.15) is 0 Å². The van der Waals surface area contributed by atoms with Crippen LogP contribution in [0.15, 0.2) is 24.3 Å². The van der Waals surface area contributed by atoms with Crippen molar-refractivity contribution in [3.8, 4) is 0 Å². The van der Waals surface area contributed by atoms with Crippen LogP contribution in [0.5, 0.6) is 0 Å². The lowest BCUT2D eigenvalue weighted by atomic mass is 10.1. The van der Waals surface area contributed by atoms with Crippen molar-refractivity contribution in [3.63, 3.8) is 0 Å². The van der Waals surface area contributed by atoms with E-state index in [0.717, 1.165) is 5.56 Å². The third kappa shape index (κ3) is 3.80. The van der Waals surface area contributed by atoms with E-state index in [9.17, 15) is 9.59 Å². The number of morpholine rings is 1. The van der Waals surface area contributed by atoms with Crippen LogP contribution in [0.1, 0.15) is 15.9 Å². The highest BCUT2D eigenvalue weighted by Crippen LogP contribution is 2.13. The van der Waals surface area contributed by atoms with Crippen LogP contribution in [0.3, 0.4) is 0 Å². The Balaban J connectivity index is 2.08. The predicted molar refractivity (Wildman–Crippen MR) is 74.8 cm³/mol. The number of benzene rings is 1. The molecular formula is C15H19NO5. The third-order valence-electron chi connectivity index (χ3n) is 3.30. The maximum Gasteiger partial charge on any atom is 0.336 e. The Hall–Kier alpha value is -1.92. The Bertz CT molecular complexity index is 517. The smallest absolute Gasteiger partial charge is 0.336 e. The molecule has 1 amide bonds. The van der Waals surface area contributed by atoms with Crippen molar-refractivity contribution in [1.29, 1.82) is 0 Å². The monoisotopic (exact) mass is 293 g/mol. The maximum atomic E-state index is 12.5. The Morgan fingerprint density at radius 1 is 1.38 bits per heavy atom. The van der Waals surface area contributed by atoms with E-state index >= 15 is 0 Å². The second-order valence-electron chi connectivity index (χ2n) is 4.77. The summed E-state index contributed by atoms with van der Waals surface area (Å²) in [6.07, 6.45) is -0.713. The lowest BCUT2D eigenvalue weighted by Gasteiger charge is -2.31. The molecule has 0 aliphatic carbocycles. The summed E-state index contributed by atoms with van der Waals surface area (Å²) in [6.45, 7) is 1.44. The number of esters is 1. The van der Waals surface area contributed by atoms with Gasteiger partial charge in [-0.1, -0.05) is 12.1 Å². The number of carbonyl (C=O) groups excluding carboxylic acids is 2. The van der Waals surface area contributed by atoms with Crippen LogP contribution in [0.4, 0.5) is 0 Å². The average molecular weight is 293 g/mol. The zero-order valence-corrected chi connectivity index (χ0v) is 12.2. The fourth-order valence-corrected chi connectivity index (χ4v) is 2.25. The molecule has 1 atom stereocenters. The van der Waals surface area contributed by atoms with Crippen molar-refractivity contribution in [1.82, 2.24) is 4.90 Å². The number of nitrogens with zero attached hydrogens (tertiary/aromatic N) is 1. The van der Waals surface area contributed by atoms with Gasteiger partial charge in [-0.25, -0.2) is 4.79 Å². The van der Waals surface area contributed by atoms with Crippen molar-refractivity contribution < 1.29 is 23.8 Å². The number of hydrogen-bond acceptors (Lipinski definition) is 5. The van der Waals surface area contributed by atoms with Crippen molar-refractivity contribution in [2.24, 2.45) is 0 Å². The van der Waals surface area contributed by atoms with Crippen LogP contribution in [0.2, 0.25) is 0 Å². The van der Waals surface area contributed by atoms with Gasteiger partial charge in [0.2, 0.25) is 0 Å². The molecule has 2 rings (SSSR count). The van der Waals surface area contributed by atoms with E-state index in [-0.39, 0.29) is 12.5 Å². The molecule has 1 fully saturated rings. The quantitative estimate of drug-likeness (QED) is 0.770. The van der Waals surface area contributed by atoms with Crippen LogP contribution in [-0.2, 0) is 25.6 Å². The Morgan fingerprint density at radius 2 is 2.19 bits per heavy atom. The van der Waals surface area contributed by atoms with Crippen LogP contribution >= 0.6 is 0 Å².